The van der Waals surface area contributed by atoms with Crippen molar-refractivity contribution in [2.24, 2.45) is 0 Å². The molecule has 1 aromatic heterocycles. The number of piperazine rings is 2. The average molecular weight is 579 g/mol. The highest BCUT2D eigenvalue weighted by Crippen LogP contribution is 2.26. The molecule has 2 saturated heterocycles. The maximum absolute atomic E-state index is 5.71. The molecule has 2 aliphatic rings. The number of anilines is 5. The maximum Gasteiger partial charge on any atom is 0.232 e. The molecule has 1 atom stereocenters. The summed E-state index contributed by atoms with van der Waals surface area (Å²) in [5.74, 6) is 2.38. The van der Waals surface area contributed by atoms with E-state index in [1.54, 1.807) is 0 Å². The molecule has 8 nitrogen and oxygen atoms in total. The summed E-state index contributed by atoms with van der Waals surface area (Å²) in [5, 5.41) is 7.20. The molecule has 2 aliphatic heterocycles. The third-order valence-corrected chi connectivity index (χ3v) is 8.24. The van der Waals surface area contributed by atoms with Crippen LogP contribution in [-0.4, -0.2) is 67.4 Å². The van der Waals surface area contributed by atoms with Gasteiger partial charge in [-0.2, -0.15) is 9.97 Å². The zero-order valence-corrected chi connectivity index (χ0v) is 24.9. The largest absolute Gasteiger partial charge is 0.368 e. The van der Waals surface area contributed by atoms with Gasteiger partial charge in [-0.15, -0.1) is 0 Å². The molecule has 0 unspecified atom stereocenters. The van der Waals surface area contributed by atoms with Crippen LogP contribution >= 0.6 is 12.2 Å². The number of nitrogens with zero attached hydrogens (tertiary/aromatic N) is 6. The smallest absolute Gasteiger partial charge is 0.232 e. The van der Waals surface area contributed by atoms with Gasteiger partial charge in [0.05, 0.1) is 6.04 Å². The van der Waals surface area contributed by atoms with Crippen molar-refractivity contribution in [2.45, 2.75) is 13.0 Å². The summed E-state index contributed by atoms with van der Waals surface area (Å²) in [5.41, 5.74) is 3.70. The first-order valence-electron chi connectivity index (χ1n) is 14.7. The average Bonchev–Trinajstić information content (AvgIpc) is 3.06. The standard InChI is InChI=1S/C33H38N8S/c1-26(27-11-5-2-6-12-27)34-33(42)37-32-35-30(40-21-17-38(18-22-40)28-13-7-3-8-14-28)25-31(36-32)41-23-19-39(20-24-41)29-15-9-4-10-16-29/h2-16,25-26H,17-24H2,1H3,(H2,34,35,36,37,42)/t26-/m1/s1. The second kappa shape index (κ2) is 13.1. The number of benzene rings is 3. The van der Waals surface area contributed by atoms with Crippen LogP contribution in [0.15, 0.2) is 97.1 Å². The van der Waals surface area contributed by atoms with Gasteiger partial charge in [-0.1, -0.05) is 66.7 Å². The van der Waals surface area contributed by atoms with E-state index in [0.29, 0.717) is 11.1 Å². The molecule has 0 spiro atoms. The Hall–Kier alpha value is -4.37. The molecular weight excluding hydrogens is 540 g/mol. The summed E-state index contributed by atoms with van der Waals surface area (Å²) >= 11 is 5.71. The molecule has 0 bridgehead atoms. The van der Waals surface area contributed by atoms with Crippen molar-refractivity contribution >= 4 is 46.3 Å². The highest BCUT2D eigenvalue weighted by molar-refractivity contribution is 7.80. The minimum Gasteiger partial charge on any atom is -0.368 e. The van der Waals surface area contributed by atoms with Gasteiger partial charge < -0.3 is 30.2 Å². The van der Waals surface area contributed by atoms with E-state index in [0.717, 1.165) is 64.0 Å². The number of hydrogen-bond donors (Lipinski definition) is 2. The molecule has 6 rings (SSSR count). The Morgan fingerprint density at radius 1 is 0.619 bits per heavy atom. The van der Waals surface area contributed by atoms with Gasteiger partial charge in [0, 0.05) is 69.8 Å². The van der Waals surface area contributed by atoms with Crippen LogP contribution in [0.1, 0.15) is 18.5 Å². The number of aromatic nitrogens is 2. The van der Waals surface area contributed by atoms with Gasteiger partial charge in [0.25, 0.3) is 0 Å². The minimum atomic E-state index is 0.0611. The fourth-order valence-electron chi connectivity index (χ4n) is 5.63. The summed E-state index contributed by atoms with van der Waals surface area (Å²) in [6.45, 7) is 9.42. The van der Waals surface area contributed by atoms with E-state index in [9.17, 15) is 0 Å². The first-order valence-corrected chi connectivity index (χ1v) is 15.1. The first-order chi connectivity index (χ1) is 20.6. The summed E-state index contributed by atoms with van der Waals surface area (Å²) < 4.78 is 0. The Morgan fingerprint density at radius 2 is 1.02 bits per heavy atom. The van der Waals surface area contributed by atoms with Gasteiger partial charge in [-0.3, -0.25) is 0 Å². The lowest BCUT2D eigenvalue weighted by atomic mass is 10.1. The number of para-hydroxylation sites is 2. The molecule has 0 saturated carbocycles. The van der Waals surface area contributed by atoms with Gasteiger partial charge in [0.2, 0.25) is 5.95 Å². The normalized spacial score (nSPS) is 16.2. The van der Waals surface area contributed by atoms with Gasteiger partial charge in [0.15, 0.2) is 5.11 Å². The SMILES string of the molecule is C[C@@H](NC(=S)Nc1nc(N2CCN(c3ccccc3)CC2)cc(N2CCN(c3ccccc3)CC2)n1)c1ccccc1. The lowest BCUT2D eigenvalue weighted by Gasteiger charge is -2.38. The van der Waals surface area contributed by atoms with Crippen LogP contribution in [0.2, 0.25) is 0 Å². The Labute approximate surface area is 254 Å². The van der Waals surface area contributed by atoms with Crippen LogP contribution in [0.25, 0.3) is 0 Å². The third kappa shape index (κ3) is 6.74. The topological polar surface area (TPSA) is 62.8 Å². The van der Waals surface area contributed by atoms with E-state index < -0.39 is 0 Å². The zero-order chi connectivity index (χ0) is 28.7. The molecule has 4 aromatic rings. The minimum absolute atomic E-state index is 0.0611. The van der Waals surface area contributed by atoms with Crippen molar-refractivity contribution in [1.82, 2.24) is 15.3 Å². The molecule has 2 fully saturated rings. The predicted molar refractivity (Wildman–Crippen MR) is 178 cm³/mol. The summed E-state index contributed by atoms with van der Waals surface area (Å²) in [7, 11) is 0. The molecule has 3 heterocycles. The number of thiocarbonyl (C=S) groups is 1. The fourth-order valence-corrected chi connectivity index (χ4v) is 5.89. The highest BCUT2D eigenvalue weighted by Gasteiger charge is 2.23. The van der Waals surface area contributed by atoms with Crippen LogP contribution in [0.5, 0.6) is 0 Å². The lowest BCUT2D eigenvalue weighted by Crippen LogP contribution is -2.48. The second-order valence-corrected chi connectivity index (χ2v) is 11.2. The summed E-state index contributed by atoms with van der Waals surface area (Å²) in [6.07, 6.45) is 0. The van der Waals surface area contributed by atoms with Crippen LogP contribution in [0, 0.1) is 0 Å². The monoisotopic (exact) mass is 578 g/mol. The van der Waals surface area contributed by atoms with Crippen LogP contribution in [0.4, 0.5) is 29.0 Å². The number of nitrogens with one attached hydrogen (secondary N) is 2. The van der Waals surface area contributed by atoms with Crippen LogP contribution in [0.3, 0.4) is 0 Å². The highest BCUT2D eigenvalue weighted by atomic mass is 32.1. The molecule has 3 aromatic carbocycles. The van der Waals surface area contributed by atoms with Gasteiger partial charge >= 0.3 is 0 Å². The van der Waals surface area contributed by atoms with Crippen molar-refractivity contribution in [1.29, 1.82) is 0 Å². The van der Waals surface area contributed by atoms with Crippen molar-refractivity contribution in [3.63, 3.8) is 0 Å². The molecule has 0 aliphatic carbocycles. The van der Waals surface area contributed by atoms with Crippen molar-refractivity contribution in [3.8, 4) is 0 Å². The Balaban J connectivity index is 1.18. The van der Waals surface area contributed by atoms with Gasteiger partial charge in [0.1, 0.15) is 11.6 Å². The fraction of sp³-hybridized carbons (Fsp3) is 0.303. The first kappa shape index (κ1) is 27.8. The summed E-state index contributed by atoms with van der Waals surface area (Å²) in [6, 6.07) is 33.8. The second-order valence-electron chi connectivity index (χ2n) is 10.8. The van der Waals surface area contributed by atoms with Gasteiger partial charge in [-0.05, 0) is 49.0 Å². The Kier molecular flexibility index (Phi) is 8.65. The van der Waals surface area contributed by atoms with E-state index >= 15 is 0 Å². The molecule has 42 heavy (non-hydrogen) atoms. The molecule has 2 N–H and O–H groups in total. The van der Waals surface area contributed by atoms with E-state index in [2.05, 4.69) is 116 Å². The van der Waals surface area contributed by atoms with Crippen LogP contribution in [-0.2, 0) is 0 Å². The van der Waals surface area contributed by atoms with Gasteiger partial charge in [-0.25, -0.2) is 0 Å². The van der Waals surface area contributed by atoms with E-state index in [4.69, 9.17) is 22.2 Å². The lowest BCUT2D eigenvalue weighted by molar-refractivity contribution is 0.638. The maximum atomic E-state index is 5.71. The Bertz CT molecular complexity index is 1360. The number of rotatable bonds is 7. The molecule has 9 heteroatoms. The van der Waals surface area contributed by atoms with Crippen LogP contribution < -0.4 is 30.2 Å². The molecule has 216 valence electrons. The van der Waals surface area contributed by atoms with E-state index in [1.165, 1.54) is 16.9 Å². The predicted octanol–water partition coefficient (Wildman–Crippen LogP) is 5.18. The van der Waals surface area contributed by atoms with Crippen molar-refractivity contribution in [2.75, 3.05) is 77.3 Å². The quantitative estimate of drug-likeness (QED) is 0.289. The number of hydrogen-bond acceptors (Lipinski definition) is 7. The van der Waals surface area contributed by atoms with Crippen molar-refractivity contribution < 1.29 is 0 Å². The molecular formula is C33H38N8S. The Morgan fingerprint density at radius 3 is 1.48 bits per heavy atom. The van der Waals surface area contributed by atoms with Crippen molar-refractivity contribution in [3.05, 3.63) is 103 Å². The summed E-state index contributed by atoms with van der Waals surface area (Å²) in [4.78, 5) is 19.5. The molecule has 0 radical (unpaired) electrons. The van der Waals surface area contributed by atoms with E-state index in [-0.39, 0.29) is 6.04 Å². The van der Waals surface area contributed by atoms with E-state index in [1.807, 2.05) is 18.2 Å². The zero-order valence-electron chi connectivity index (χ0n) is 24.1. The third-order valence-electron chi connectivity index (χ3n) is 8.02. The molecule has 0 amide bonds.